The van der Waals surface area contributed by atoms with Gasteiger partial charge in [0, 0.05) is 24.2 Å². The smallest absolute Gasteiger partial charge is 0.308 e. The molecule has 1 aliphatic heterocycles. The zero-order valence-corrected chi connectivity index (χ0v) is 11.7. The molecule has 2 unspecified atom stereocenters. The Hall–Kier alpha value is -2.61. The van der Waals surface area contributed by atoms with Crippen LogP contribution in [0.4, 0.5) is 5.69 Å². The molecular weight excluding hydrogens is 266 g/mol. The predicted octanol–water partition coefficient (Wildman–Crippen LogP) is 2.41. The molecule has 21 heavy (non-hydrogen) atoms. The second-order valence-corrected chi connectivity index (χ2v) is 5.32. The number of para-hydroxylation sites is 1. The molecule has 5 nitrogen and oxygen atoms in total. The number of aromatic nitrogens is 1. The van der Waals surface area contributed by atoms with E-state index < -0.39 is 11.9 Å². The van der Waals surface area contributed by atoms with Crippen LogP contribution in [-0.4, -0.2) is 28.6 Å². The summed E-state index contributed by atoms with van der Waals surface area (Å²) in [4.78, 5) is 17.6. The number of carbonyl (C=O) groups is 1. The molecule has 0 spiro atoms. The van der Waals surface area contributed by atoms with Gasteiger partial charge in [-0.05, 0) is 19.4 Å². The normalized spacial score (nSPS) is 21.4. The molecule has 1 saturated heterocycles. The maximum absolute atomic E-state index is 11.3. The van der Waals surface area contributed by atoms with Crippen molar-refractivity contribution in [1.82, 2.24) is 4.98 Å². The monoisotopic (exact) mass is 281 g/mol. The molecule has 0 aliphatic carbocycles. The van der Waals surface area contributed by atoms with Crippen molar-refractivity contribution in [3.05, 3.63) is 36.0 Å². The zero-order valence-electron chi connectivity index (χ0n) is 11.7. The summed E-state index contributed by atoms with van der Waals surface area (Å²) in [6, 6.07) is 9.68. The highest BCUT2D eigenvalue weighted by Crippen LogP contribution is 2.36. The van der Waals surface area contributed by atoms with E-state index in [2.05, 4.69) is 11.1 Å². The van der Waals surface area contributed by atoms with Crippen molar-refractivity contribution >= 4 is 22.6 Å². The summed E-state index contributed by atoms with van der Waals surface area (Å²) in [6.45, 7) is 2.54. The number of fused-ring (bicyclic) bond motifs is 1. The molecule has 2 aromatic rings. The van der Waals surface area contributed by atoms with E-state index in [9.17, 15) is 15.2 Å². The predicted molar refractivity (Wildman–Crippen MR) is 79.0 cm³/mol. The summed E-state index contributed by atoms with van der Waals surface area (Å²) in [5.74, 6) is -1.18. The molecule has 0 saturated carbocycles. The average Bonchev–Trinajstić information content (AvgIpc) is 2.87. The molecule has 2 atom stereocenters. The van der Waals surface area contributed by atoms with E-state index in [1.165, 1.54) is 0 Å². The van der Waals surface area contributed by atoms with Crippen LogP contribution in [-0.2, 0) is 4.79 Å². The minimum absolute atomic E-state index is 0.139. The van der Waals surface area contributed by atoms with Crippen LogP contribution in [0, 0.1) is 17.2 Å². The summed E-state index contributed by atoms with van der Waals surface area (Å²) < 4.78 is 0. The number of carboxylic acids is 1. The Morgan fingerprint density at radius 3 is 2.90 bits per heavy atom. The first-order chi connectivity index (χ1) is 10.1. The average molecular weight is 281 g/mol. The Balaban J connectivity index is 2.16. The van der Waals surface area contributed by atoms with Crippen LogP contribution in [0.15, 0.2) is 30.5 Å². The van der Waals surface area contributed by atoms with E-state index in [1.807, 2.05) is 36.1 Å². The lowest BCUT2D eigenvalue weighted by atomic mass is 10.0. The van der Waals surface area contributed by atoms with Crippen molar-refractivity contribution in [3.8, 4) is 6.07 Å². The maximum Gasteiger partial charge on any atom is 0.308 e. The van der Waals surface area contributed by atoms with E-state index in [-0.39, 0.29) is 6.04 Å². The van der Waals surface area contributed by atoms with E-state index in [0.29, 0.717) is 18.5 Å². The number of hydrogen-bond acceptors (Lipinski definition) is 4. The van der Waals surface area contributed by atoms with Gasteiger partial charge in [-0.3, -0.25) is 9.78 Å². The Morgan fingerprint density at radius 2 is 2.24 bits per heavy atom. The van der Waals surface area contributed by atoms with Gasteiger partial charge in [-0.1, -0.05) is 18.2 Å². The number of rotatable bonds is 2. The van der Waals surface area contributed by atoms with Crippen LogP contribution in [0.2, 0.25) is 0 Å². The van der Waals surface area contributed by atoms with Crippen molar-refractivity contribution in [2.24, 2.45) is 5.92 Å². The van der Waals surface area contributed by atoms with Crippen molar-refractivity contribution in [3.63, 3.8) is 0 Å². The summed E-state index contributed by atoms with van der Waals surface area (Å²) in [7, 11) is 0. The molecule has 0 bridgehead atoms. The number of carboxylic acid groups (broad SMARTS) is 1. The van der Waals surface area contributed by atoms with E-state index >= 15 is 0 Å². The molecule has 1 N–H and O–H groups in total. The number of hydrogen-bond donors (Lipinski definition) is 1. The lowest BCUT2D eigenvalue weighted by molar-refractivity contribution is -0.141. The third kappa shape index (κ3) is 2.09. The first kappa shape index (κ1) is 13.4. The van der Waals surface area contributed by atoms with E-state index in [1.54, 1.807) is 6.20 Å². The molecule has 0 amide bonds. The molecule has 1 aromatic heterocycles. The van der Waals surface area contributed by atoms with Crippen LogP contribution < -0.4 is 4.90 Å². The van der Waals surface area contributed by atoms with Gasteiger partial charge < -0.3 is 10.0 Å². The molecule has 1 fully saturated rings. The van der Waals surface area contributed by atoms with Gasteiger partial charge in [0.2, 0.25) is 0 Å². The van der Waals surface area contributed by atoms with Crippen LogP contribution in [0.25, 0.3) is 10.9 Å². The van der Waals surface area contributed by atoms with Crippen LogP contribution in [0.1, 0.15) is 18.9 Å². The number of nitrogens with zero attached hydrogens (tertiary/aromatic N) is 3. The fourth-order valence-corrected chi connectivity index (χ4v) is 3.10. The summed E-state index contributed by atoms with van der Waals surface area (Å²) in [6.07, 6.45) is 2.16. The molecule has 3 rings (SSSR count). The second-order valence-electron chi connectivity index (χ2n) is 5.32. The number of aliphatic carboxylic acids is 1. The van der Waals surface area contributed by atoms with Gasteiger partial charge in [0.05, 0.1) is 22.7 Å². The molecule has 1 aliphatic rings. The molecule has 106 valence electrons. The summed E-state index contributed by atoms with van der Waals surface area (Å²) >= 11 is 0. The third-order valence-corrected chi connectivity index (χ3v) is 4.23. The SMILES string of the molecule is CC1C(C(=O)O)CCN1c1c(C#N)cnc2ccccc12. The van der Waals surface area contributed by atoms with Crippen LogP contribution in [0.5, 0.6) is 0 Å². The van der Waals surface area contributed by atoms with Crippen molar-refractivity contribution in [2.75, 3.05) is 11.4 Å². The molecule has 1 aromatic carbocycles. The van der Waals surface area contributed by atoms with Gasteiger partial charge in [-0.2, -0.15) is 5.26 Å². The maximum atomic E-state index is 11.3. The minimum atomic E-state index is -0.776. The molecule has 0 radical (unpaired) electrons. The van der Waals surface area contributed by atoms with Gasteiger partial charge in [-0.15, -0.1) is 0 Å². The van der Waals surface area contributed by atoms with Crippen molar-refractivity contribution < 1.29 is 9.90 Å². The van der Waals surface area contributed by atoms with Gasteiger partial charge in [0.1, 0.15) is 6.07 Å². The number of benzene rings is 1. The Labute approximate surface area is 122 Å². The topological polar surface area (TPSA) is 77.2 Å². The lowest BCUT2D eigenvalue weighted by Gasteiger charge is -2.27. The number of pyridine rings is 1. The van der Waals surface area contributed by atoms with E-state index in [4.69, 9.17) is 0 Å². The van der Waals surface area contributed by atoms with Gasteiger partial charge in [0.15, 0.2) is 0 Å². The quantitative estimate of drug-likeness (QED) is 0.914. The Bertz CT molecular complexity index is 751. The Morgan fingerprint density at radius 1 is 1.48 bits per heavy atom. The molecular formula is C16H15N3O2. The van der Waals surface area contributed by atoms with Crippen LogP contribution >= 0.6 is 0 Å². The fourth-order valence-electron chi connectivity index (χ4n) is 3.10. The van der Waals surface area contributed by atoms with Crippen molar-refractivity contribution in [1.29, 1.82) is 5.26 Å². The first-order valence-corrected chi connectivity index (χ1v) is 6.90. The van der Waals surface area contributed by atoms with Gasteiger partial charge in [0.25, 0.3) is 0 Å². The fraction of sp³-hybridized carbons (Fsp3) is 0.312. The van der Waals surface area contributed by atoms with Gasteiger partial charge in [-0.25, -0.2) is 0 Å². The number of anilines is 1. The third-order valence-electron chi connectivity index (χ3n) is 4.23. The zero-order chi connectivity index (χ0) is 15.0. The highest BCUT2D eigenvalue weighted by molar-refractivity contribution is 5.95. The highest BCUT2D eigenvalue weighted by atomic mass is 16.4. The minimum Gasteiger partial charge on any atom is -0.481 e. The molecule has 2 heterocycles. The van der Waals surface area contributed by atoms with Gasteiger partial charge >= 0.3 is 5.97 Å². The Kier molecular flexibility index (Phi) is 3.22. The largest absolute Gasteiger partial charge is 0.481 e. The lowest BCUT2D eigenvalue weighted by Crippen LogP contribution is -2.33. The summed E-state index contributed by atoms with van der Waals surface area (Å²) in [5.41, 5.74) is 2.11. The van der Waals surface area contributed by atoms with E-state index in [0.717, 1.165) is 16.6 Å². The standard InChI is InChI=1S/C16H15N3O2/c1-10-12(16(20)21)6-7-19(10)15-11(8-17)9-18-14-5-3-2-4-13(14)15/h2-5,9-10,12H,6-7H2,1H3,(H,20,21). The summed E-state index contributed by atoms with van der Waals surface area (Å²) in [5, 5.41) is 19.5. The van der Waals surface area contributed by atoms with Crippen molar-refractivity contribution in [2.45, 2.75) is 19.4 Å². The number of nitriles is 1. The van der Waals surface area contributed by atoms with Crippen LogP contribution in [0.3, 0.4) is 0 Å². The first-order valence-electron chi connectivity index (χ1n) is 6.90. The second kappa shape index (κ2) is 5.06. The highest BCUT2D eigenvalue weighted by Gasteiger charge is 2.37. The molecule has 5 heteroatoms.